The summed E-state index contributed by atoms with van der Waals surface area (Å²) < 4.78 is 34.2. The number of amides is 1. The summed E-state index contributed by atoms with van der Waals surface area (Å²) in [6.45, 7) is 1.54. The Bertz CT molecular complexity index is 1300. The Hall–Kier alpha value is -2.84. The highest BCUT2D eigenvalue weighted by Crippen LogP contribution is 2.35. The van der Waals surface area contributed by atoms with Crippen molar-refractivity contribution >= 4 is 38.3 Å². The summed E-state index contributed by atoms with van der Waals surface area (Å²) in [6.07, 6.45) is -0.549. The summed E-state index contributed by atoms with van der Waals surface area (Å²) in [7, 11) is -3.11. The molecule has 3 aromatic rings. The number of hydrogen-bond acceptors (Lipinski definition) is 6. The second-order valence-corrected chi connectivity index (χ2v) is 10.1. The molecular formula is C22H20ClNO6S. The molecule has 0 radical (unpaired) electrons. The van der Waals surface area contributed by atoms with E-state index in [4.69, 9.17) is 20.8 Å². The van der Waals surface area contributed by atoms with Crippen molar-refractivity contribution in [2.24, 2.45) is 0 Å². The van der Waals surface area contributed by atoms with Gasteiger partial charge in [-0.1, -0.05) is 41.9 Å². The van der Waals surface area contributed by atoms with Gasteiger partial charge in [0, 0.05) is 23.6 Å². The number of ether oxygens (including phenoxy) is 1. The molecule has 1 saturated heterocycles. The summed E-state index contributed by atoms with van der Waals surface area (Å²) in [5.41, 5.74) is 1.27. The van der Waals surface area contributed by atoms with E-state index in [2.05, 4.69) is 5.32 Å². The summed E-state index contributed by atoms with van der Waals surface area (Å²) in [4.78, 5) is 24.5. The Balaban J connectivity index is 1.59. The van der Waals surface area contributed by atoms with Crippen molar-refractivity contribution in [3.05, 3.63) is 64.0 Å². The van der Waals surface area contributed by atoms with Crippen LogP contribution >= 0.6 is 11.6 Å². The Morgan fingerprint density at radius 1 is 1.23 bits per heavy atom. The molecule has 1 N–H and O–H groups in total. The predicted molar refractivity (Wildman–Crippen MR) is 118 cm³/mol. The van der Waals surface area contributed by atoms with Crippen LogP contribution in [-0.2, 0) is 14.6 Å². The van der Waals surface area contributed by atoms with Crippen molar-refractivity contribution in [3.8, 4) is 16.9 Å². The number of fused-ring (bicyclic) bond motifs is 1. The molecule has 9 heteroatoms. The van der Waals surface area contributed by atoms with E-state index >= 15 is 0 Å². The van der Waals surface area contributed by atoms with Crippen LogP contribution in [0.5, 0.6) is 5.75 Å². The topological polar surface area (TPSA) is 103 Å². The molecule has 0 bridgehead atoms. The Kier molecular flexibility index (Phi) is 5.77. The molecule has 2 atom stereocenters. The fraction of sp³-hybridized carbons (Fsp3) is 0.273. The zero-order chi connectivity index (χ0) is 22.2. The first kappa shape index (κ1) is 21.4. The van der Waals surface area contributed by atoms with Crippen LogP contribution < -0.4 is 15.7 Å². The van der Waals surface area contributed by atoms with Gasteiger partial charge >= 0.3 is 5.63 Å². The molecule has 31 heavy (non-hydrogen) atoms. The van der Waals surface area contributed by atoms with Gasteiger partial charge in [0.2, 0.25) is 0 Å². The van der Waals surface area contributed by atoms with E-state index in [1.165, 1.54) is 19.1 Å². The SMILES string of the molecule is CC(Oc1cc2oc(=O)cc(-c3ccccc3)c2cc1Cl)C(=O)NC1CCS(=O)(=O)C1. The summed E-state index contributed by atoms with van der Waals surface area (Å²) >= 11 is 6.40. The van der Waals surface area contributed by atoms with Crippen LogP contribution in [0, 0.1) is 0 Å². The first-order valence-corrected chi connectivity index (χ1v) is 11.9. The quantitative estimate of drug-likeness (QED) is 0.585. The summed E-state index contributed by atoms with van der Waals surface area (Å²) in [6, 6.07) is 13.5. The van der Waals surface area contributed by atoms with E-state index in [1.54, 1.807) is 6.07 Å². The molecule has 2 heterocycles. The highest BCUT2D eigenvalue weighted by Gasteiger charge is 2.30. The van der Waals surface area contributed by atoms with Gasteiger partial charge in [0.05, 0.1) is 16.5 Å². The zero-order valence-electron chi connectivity index (χ0n) is 16.6. The predicted octanol–water partition coefficient (Wildman–Crippen LogP) is 3.18. The Morgan fingerprint density at radius 3 is 2.65 bits per heavy atom. The number of benzene rings is 2. The number of sulfone groups is 1. The van der Waals surface area contributed by atoms with E-state index in [0.29, 0.717) is 17.4 Å². The van der Waals surface area contributed by atoms with Gasteiger partial charge in [0.15, 0.2) is 15.9 Å². The van der Waals surface area contributed by atoms with Gasteiger partial charge in [0.25, 0.3) is 5.91 Å². The van der Waals surface area contributed by atoms with Crippen molar-refractivity contribution in [1.29, 1.82) is 0 Å². The lowest BCUT2D eigenvalue weighted by molar-refractivity contribution is -0.127. The standard InChI is InChI=1S/C22H20ClNO6S/c1-13(22(26)24-15-7-8-31(27,28)12-15)29-20-11-19-17(9-18(20)23)16(10-21(25)30-19)14-5-3-2-4-6-14/h2-6,9-11,13,15H,7-8,12H2,1H3,(H,24,26). The van der Waals surface area contributed by atoms with Gasteiger partial charge in [-0.3, -0.25) is 4.79 Å². The molecule has 2 unspecified atom stereocenters. The van der Waals surface area contributed by atoms with Crippen LogP contribution in [0.1, 0.15) is 13.3 Å². The second-order valence-electron chi connectivity index (χ2n) is 7.49. The lowest BCUT2D eigenvalue weighted by atomic mass is 10.0. The second kappa shape index (κ2) is 8.36. The normalized spacial score (nSPS) is 18.6. The minimum Gasteiger partial charge on any atom is -0.479 e. The van der Waals surface area contributed by atoms with E-state index in [0.717, 1.165) is 5.56 Å². The molecular weight excluding hydrogens is 442 g/mol. The monoisotopic (exact) mass is 461 g/mol. The van der Waals surface area contributed by atoms with Gasteiger partial charge in [0.1, 0.15) is 11.3 Å². The molecule has 0 spiro atoms. The highest BCUT2D eigenvalue weighted by molar-refractivity contribution is 7.91. The molecule has 1 fully saturated rings. The lowest BCUT2D eigenvalue weighted by Crippen LogP contribution is -2.43. The molecule has 0 saturated carbocycles. The molecule has 1 aliphatic rings. The van der Waals surface area contributed by atoms with Crippen molar-refractivity contribution < 1.29 is 22.4 Å². The van der Waals surface area contributed by atoms with Crippen molar-refractivity contribution in [3.63, 3.8) is 0 Å². The molecule has 1 amide bonds. The Labute approximate surface area is 183 Å². The number of nitrogens with one attached hydrogen (secondary N) is 1. The van der Waals surface area contributed by atoms with Gasteiger partial charge in [-0.25, -0.2) is 13.2 Å². The maximum atomic E-state index is 12.4. The van der Waals surface area contributed by atoms with E-state index in [-0.39, 0.29) is 27.9 Å². The van der Waals surface area contributed by atoms with Crippen LogP contribution in [0.15, 0.2) is 57.7 Å². The maximum Gasteiger partial charge on any atom is 0.336 e. The summed E-state index contributed by atoms with van der Waals surface area (Å²) in [5.74, 6) is -0.274. The smallest absolute Gasteiger partial charge is 0.336 e. The fourth-order valence-electron chi connectivity index (χ4n) is 3.58. The minimum atomic E-state index is -3.11. The van der Waals surface area contributed by atoms with E-state index in [9.17, 15) is 18.0 Å². The minimum absolute atomic E-state index is 0.0620. The van der Waals surface area contributed by atoms with Crippen LogP contribution in [-0.4, -0.2) is 38.0 Å². The van der Waals surface area contributed by atoms with Crippen LogP contribution in [0.2, 0.25) is 5.02 Å². The van der Waals surface area contributed by atoms with Gasteiger partial charge < -0.3 is 14.5 Å². The number of carbonyl (C=O) groups is 1. The van der Waals surface area contributed by atoms with Crippen LogP contribution in [0.4, 0.5) is 0 Å². The molecule has 162 valence electrons. The van der Waals surface area contributed by atoms with Crippen molar-refractivity contribution in [1.82, 2.24) is 5.32 Å². The molecule has 1 aliphatic heterocycles. The van der Waals surface area contributed by atoms with Gasteiger partial charge in [-0.05, 0) is 30.5 Å². The lowest BCUT2D eigenvalue weighted by Gasteiger charge is -2.18. The largest absolute Gasteiger partial charge is 0.479 e. The van der Waals surface area contributed by atoms with E-state index in [1.807, 2.05) is 30.3 Å². The molecule has 4 rings (SSSR count). The summed E-state index contributed by atoms with van der Waals surface area (Å²) in [5, 5.41) is 3.58. The number of carbonyl (C=O) groups excluding carboxylic acids is 1. The zero-order valence-corrected chi connectivity index (χ0v) is 18.2. The first-order valence-electron chi connectivity index (χ1n) is 9.72. The highest BCUT2D eigenvalue weighted by atomic mass is 35.5. The fourth-order valence-corrected chi connectivity index (χ4v) is 5.46. The van der Waals surface area contributed by atoms with Crippen molar-refractivity contribution in [2.75, 3.05) is 11.5 Å². The molecule has 1 aromatic heterocycles. The number of hydrogen-bond donors (Lipinski definition) is 1. The van der Waals surface area contributed by atoms with Gasteiger partial charge in [-0.15, -0.1) is 0 Å². The third-order valence-corrected chi connectivity index (χ3v) is 7.20. The average molecular weight is 462 g/mol. The van der Waals surface area contributed by atoms with Gasteiger partial charge in [-0.2, -0.15) is 0 Å². The van der Waals surface area contributed by atoms with Crippen LogP contribution in [0.25, 0.3) is 22.1 Å². The maximum absolute atomic E-state index is 12.4. The first-order chi connectivity index (χ1) is 14.7. The number of rotatable bonds is 5. The van der Waals surface area contributed by atoms with Crippen molar-refractivity contribution in [2.45, 2.75) is 25.5 Å². The average Bonchev–Trinajstić information content (AvgIpc) is 3.07. The molecule has 2 aromatic carbocycles. The molecule has 0 aliphatic carbocycles. The molecule has 7 nitrogen and oxygen atoms in total. The van der Waals surface area contributed by atoms with E-state index < -0.39 is 33.5 Å². The number of halogens is 1. The third kappa shape index (κ3) is 4.75. The van der Waals surface area contributed by atoms with Crippen LogP contribution in [0.3, 0.4) is 0 Å². The Morgan fingerprint density at radius 2 is 1.97 bits per heavy atom. The third-order valence-electron chi connectivity index (χ3n) is 5.13.